The molecule has 2 rings (SSSR count). The highest BCUT2D eigenvalue weighted by Crippen LogP contribution is 2.28. The van der Waals surface area contributed by atoms with Gasteiger partial charge in [0.05, 0.1) is 6.04 Å². The topological polar surface area (TPSA) is 12.0 Å². The number of hydrogen-bond donors (Lipinski definition) is 1. The van der Waals surface area contributed by atoms with Crippen LogP contribution in [0, 0.1) is 10.5 Å². The highest BCUT2D eigenvalue weighted by atomic mass is 127. The van der Waals surface area contributed by atoms with E-state index in [2.05, 4.69) is 90.3 Å². The van der Waals surface area contributed by atoms with Gasteiger partial charge >= 0.3 is 0 Å². The minimum atomic E-state index is 0.285. The van der Waals surface area contributed by atoms with Crippen LogP contribution in [0.2, 0.25) is 0 Å². The summed E-state index contributed by atoms with van der Waals surface area (Å²) in [6.07, 6.45) is 1.14. The molecular formula is C17H20IN. The third-order valence-corrected chi connectivity index (χ3v) is 4.74. The van der Waals surface area contributed by atoms with Gasteiger partial charge in [-0.1, -0.05) is 55.5 Å². The molecule has 2 aromatic carbocycles. The van der Waals surface area contributed by atoms with Gasteiger partial charge in [0.2, 0.25) is 0 Å². The third kappa shape index (κ3) is 3.57. The Balaban J connectivity index is 2.40. The molecule has 0 aliphatic rings. The molecule has 0 aliphatic heterocycles. The zero-order valence-electron chi connectivity index (χ0n) is 11.5. The highest BCUT2D eigenvalue weighted by Gasteiger charge is 2.16. The Morgan fingerprint density at radius 2 is 1.79 bits per heavy atom. The average molecular weight is 365 g/mol. The summed E-state index contributed by atoms with van der Waals surface area (Å²) in [5, 5.41) is 3.67. The predicted octanol–water partition coefficient (Wildman–Crippen LogP) is 4.69. The lowest BCUT2D eigenvalue weighted by Gasteiger charge is -2.21. The monoisotopic (exact) mass is 365 g/mol. The minimum Gasteiger partial charge on any atom is -0.306 e. The normalized spacial score (nSPS) is 12.4. The molecule has 0 heterocycles. The molecule has 1 nitrogen and oxygen atoms in total. The molecule has 0 radical (unpaired) electrons. The Kier molecular flexibility index (Phi) is 5.40. The van der Waals surface area contributed by atoms with Crippen LogP contribution in [0.4, 0.5) is 0 Å². The second kappa shape index (κ2) is 7.06. The number of rotatable bonds is 5. The van der Waals surface area contributed by atoms with Crippen LogP contribution in [0.15, 0.2) is 48.5 Å². The van der Waals surface area contributed by atoms with E-state index in [1.807, 2.05) is 0 Å². The predicted molar refractivity (Wildman–Crippen MR) is 90.5 cm³/mol. The molecule has 19 heavy (non-hydrogen) atoms. The molecule has 0 fully saturated rings. The molecule has 0 spiro atoms. The fraction of sp³-hybridized carbons (Fsp3) is 0.294. The third-order valence-electron chi connectivity index (χ3n) is 3.26. The van der Waals surface area contributed by atoms with Gasteiger partial charge < -0.3 is 5.32 Å². The summed E-state index contributed by atoms with van der Waals surface area (Å²) in [4.78, 5) is 0. The first-order valence-electron chi connectivity index (χ1n) is 6.77. The second-order valence-electron chi connectivity index (χ2n) is 4.78. The maximum Gasteiger partial charge on any atom is 0.0587 e. The lowest BCUT2D eigenvalue weighted by Crippen LogP contribution is -2.24. The summed E-state index contributed by atoms with van der Waals surface area (Å²) in [6, 6.07) is 17.5. The average Bonchev–Trinajstić information content (AvgIpc) is 2.45. The lowest BCUT2D eigenvalue weighted by atomic mass is 9.97. The minimum absolute atomic E-state index is 0.285. The zero-order chi connectivity index (χ0) is 13.7. The van der Waals surface area contributed by atoms with Crippen LogP contribution >= 0.6 is 22.6 Å². The van der Waals surface area contributed by atoms with Crippen molar-refractivity contribution in [2.45, 2.75) is 26.3 Å². The Morgan fingerprint density at radius 1 is 1.05 bits per heavy atom. The number of aryl methyl sites for hydroxylation is 1. The van der Waals surface area contributed by atoms with E-state index in [-0.39, 0.29) is 6.04 Å². The summed E-state index contributed by atoms with van der Waals surface area (Å²) in [7, 11) is 0. The van der Waals surface area contributed by atoms with Crippen LogP contribution in [0.25, 0.3) is 0 Å². The van der Waals surface area contributed by atoms with Crippen LogP contribution in [0.1, 0.15) is 36.1 Å². The van der Waals surface area contributed by atoms with Crippen LogP contribution in [-0.2, 0) is 0 Å². The lowest BCUT2D eigenvalue weighted by molar-refractivity contribution is 0.596. The number of benzene rings is 2. The summed E-state index contributed by atoms with van der Waals surface area (Å²) in [5.41, 5.74) is 4.05. The summed E-state index contributed by atoms with van der Waals surface area (Å²) < 4.78 is 1.36. The van der Waals surface area contributed by atoms with Gasteiger partial charge in [0.15, 0.2) is 0 Å². The van der Waals surface area contributed by atoms with E-state index in [0.717, 1.165) is 13.0 Å². The quantitative estimate of drug-likeness (QED) is 0.759. The van der Waals surface area contributed by atoms with Gasteiger partial charge in [-0.05, 0) is 59.2 Å². The SMILES string of the molecule is CCCNC(c1ccccc1)c1cccc(C)c1I. The van der Waals surface area contributed by atoms with Crippen molar-refractivity contribution in [1.29, 1.82) is 0 Å². The Labute approximate surface area is 129 Å². The van der Waals surface area contributed by atoms with E-state index < -0.39 is 0 Å². The Bertz CT molecular complexity index is 522. The van der Waals surface area contributed by atoms with E-state index in [9.17, 15) is 0 Å². The van der Waals surface area contributed by atoms with E-state index >= 15 is 0 Å². The molecule has 0 aromatic heterocycles. The molecule has 0 bridgehead atoms. The largest absolute Gasteiger partial charge is 0.306 e. The standard InChI is InChI=1S/C17H20IN/c1-3-12-19-17(14-9-5-4-6-10-14)15-11-7-8-13(2)16(15)18/h4-11,17,19H,3,12H2,1-2H3. The zero-order valence-corrected chi connectivity index (χ0v) is 13.6. The molecule has 0 amide bonds. The van der Waals surface area contributed by atoms with Crippen LogP contribution < -0.4 is 5.32 Å². The second-order valence-corrected chi connectivity index (χ2v) is 5.85. The van der Waals surface area contributed by atoms with Crippen molar-refractivity contribution in [3.8, 4) is 0 Å². The highest BCUT2D eigenvalue weighted by molar-refractivity contribution is 14.1. The first-order valence-corrected chi connectivity index (χ1v) is 7.85. The fourth-order valence-corrected chi connectivity index (χ4v) is 2.91. The van der Waals surface area contributed by atoms with Crippen molar-refractivity contribution in [1.82, 2.24) is 5.32 Å². The van der Waals surface area contributed by atoms with Crippen molar-refractivity contribution >= 4 is 22.6 Å². The van der Waals surface area contributed by atoms with Gasteiger partial charge in [-0.2, -0.15) is 0 Å². The Morgan fingerprint density at radius 3 is 2.47 bits per heavy atom. The molecule has 0 saturated heterocycles. The molecular weight excluding hydrogens is 345 g/mol. The van der Waals surface area contributed by atoms with E-state index in [0.29, 0.717) is 0 Å². The molecule has 100 valence electrons. The van der Waals surface area contributed by atoms with Crippen molar-refractivity contribution in [2.24, 2.45) is 0 Å². The van der Waals surface area contributed by atoms with Gasteiger partial charge in [-0.3, -0.25) is 0 Å². The van der Waals surface area contributed by atoms with Crippen LogP contribution in [-0.4, -0.2) is 6.54 Å². The molecule has 0 aliphatic carbocycles. The maximum atomic E-state index is 3.67. The molecule has 2 heteroatoms. The summed E-state index contributed by atoms with van der Waals surface area (Å²) in [5.74, 6) is 0. The van der Waals surface area contributed by atoms with E-state index in [1.54, 1.807) is 0 Å². The van der Waals surface area contributed by atoms with Gasteiger partial charge in [-0.25, -0.2) is 0 Å². The molecule has 2 aromatic rings. The number of hydrogen-bond acceptors (Lipinski definition) is 1. The van der Waals surface area contributed by atoms with Gasteiger partial charge in [0.25, 0.3) is 0 Å². The van der Waals surface area contributed by atoms with Crippen molar-refractivity contribution in [2.75, 3.05) is 6.54 Å². The Hall–Kier alpha value is -0.870. The molecule has 1 atom stereocenters. The van der Waals surface area contributed by atoms with Crippen molar-refractivity contribution in [3.05, 3.63) is 68.8 Å². The van der Waals surface area contributed by atoms with Gasteiger partial charge in [-0.15, -0.1) is 0 Å². The summed E-state index contributed by atoms with van der Waals surface area (Å²) >= 11 is 2.46. The van der Waals surface area contributed by atoms with Gasteiger partial charge in [0.1, 0.15) is 0 Å². The van der Waals surface area contributed by atoms with Crippen LogP contribution in [0.3, 0.4) is 0 Å². The van der Waals surface area contributed by atoms with E-state index in [1.165, 1.54) is 20.3 Å². The number of halogens is 1. The fourth-order valence-electron chi connectivity index (χ4n) is 2.23. The number of nitrogens with one attached hydrogen (secondary N) is 1. The van der Waals surface area contributed by atoms with Crippen molar-refractivity contribution < 1.29 is 0 Å². The molecule has 1 N–H and O–H groups in total. The first-order chi connectivity index (χ1) is 9.24. The summed E-state index contributed by atoms with van der Waals surface area (Å²) in [6.45, 7) is 5.41. The molecule has 0 saturated carbocycles. The maximum absolute atomic E-state index is 3.67. The smallest absolute Gasteiger partial charge is 0.0587 e. The first kappa shape index (κ1) is 14.5. The van der Waals surface area contributed by atoms with Crippen LogP contribution in [0.5, 0.6) is 0 Å². The van der Waals surface area contributed by atoms with Gasteiger partial charge in [0, 0.05) is 3.57 Å². The van der Waals surface area contributed by atoms with Crippen molar-refractivity contribution in [3.63, 3.8) is 0 Å². The molecule has 1 unspecified atom stereocenters. The van der Waals surface area contributed by atoms with E-state index in [4.69, 9.17) is 0 Å².